The van der Waals surface area contributed by atoms with Crippen LogP contribution in [0.3, 0.4) is 0 Å². The number of nitrogens with zero attached hydrogens (tertiary/aromatic N) is 1. The molecule has 2 aliphatic heterocycles. The zero-order chi connectivity index (χ0) is 21.5. The average molecular weight is 439 g/mol. The molecular formula is C24H19F2NO3S. The monoisotopic (exact) mass is 439 g/mol. The van der Waals surface area contributed by atoms with Crippen LogP contribution in [-0.4, -0.2) is 29.7 Å². The van der Waals surface area contributed by atoms with Gasteiger partial charge in [-0.2, -0.15) is 0 Å². The Bertz CT molecular complexity index is 1180. The molecule has 3 aromatic rings. The van der Waals surface area contributed by atoms with Crippen molar-refractivity contribution in [2.45, 2.75) is 19.4 Å². The molecule has 1 amide bonds. The zero-order valence-corrected chi connectivity index (χ0v) is 17.4. The molecule has 3 heterocycles. The van der Waals surface area contributed by atoms with Gasteiger partial charge in [-0.1, -0.05) is 12.1 Å². The number of likely N-dealkylation sites (tertiary alicyclic amines) is 1. The van der Waals surface area contributed by atoms with Crippen LogP contribution in [0, 0.1) is 17.6 Å². The summed E-state index contributed by atoms with van der Waals surface area (Å²) in [4.78, 5) is 29.2. The number of fused-ring (bicyclic) bond motifs is 3. The van der Waals surface area contributed by atoms with Crippen LogP contribution in [0.15, 0.2) is 48.5 Å². The first kappa shape index (κ1) is 19.9. The number of halogens is 2. The number of piperidine rings is 1. The van der Waals surface area contributed by atoms with Crippen molar-refractivity contribution in [3.63, 3.8) is 0 Å². The average Bonchev–Trinajstić information content (AvgIpc) is 3.25. The molecule has 0 spiro atoms. The van der Waals surface area contributed by atoms with Gasteiger partial charge in [0.2, 0.25) is 0 Å². The molecule has 1 fully saturated rings. The van der Waals surface area contributed by atoms with Crippen molar-refractivity contribution in [3.05, 3.63) is 76.2 Å². The Hall–Kier alpha value is -3.06. The van der Waals surface area contributed by atoms with E-state index in [1.165, 1.54) is 11.3 Å². The van der Waals surface area contributed by atoms with E-state index >= 15 is 0 Å². The van der Waals surface area contributed by atoms with E-state index < -0.39 is 23.3 Å². The number of rotatable bonds is 3. The van der Waals surface area contributed by atoms with E-state index in [-0.39, 0.29) is 11.5 Å². The van der Waals surface area contributed by atoms with Crippen LogP contribution in [0.4, 0.5) is 8.78 Å². The number of carbonyl (C=O) groups excluding carboxylic acids is 2. The number of Topliss-reactive ketones (excluding diaryl/α,β-unsaturated/α-hetero) is 1. The quantitative estimate of drug-likeness (QED) is 0.519. The first-order chi connectivity index (χ1) is 15.0. The summed E-state index contributed by atoms with van der Waals surface area (Å²) in [6.07, 6.45) is 0.856. The Kier molecular flexibility index (Phi) is 5.06. The maximum absolute atomic E-state index is 14.0. The van der Waals surface area contributed by atoms with Crippen molar-refractivity contribution >= 4 is 23.0 Å². The fraction of sp³-hybridized carbons (Fsp3) is 0.250. The lowest BCUT2D eigenvalue weighted by Gasteiger charge is -2.31. The largest absolute Gasteiger partial charge is 0.488 e. The Balaban J connectivity index is 1.29. The van der Waals surface area contributed by atoms with E-state index in [0.717, 1.165) is 40.0 Å². The lowest BCUT2D eigenvalue weighted by Crippen LogP contribution is -2.40. The van der Waals surface area contributed by atoms with Gasteiger partial charge in [-0.05, 0) is 49.2 Å². The predicted octanol–water partition coefficient (Wildman–Crippen LogP) is 5.32. The second kappa shape index (κ2) is 7.89. The van der Waals surface area contributed by atoms with Crippen LogP contribution in [0.5, 0.6) is 5.75 Å². The molecule has 4 nitrogen and oxygen atoms in total. The van der Waals surface area contributed by atoms with E-state index in [2.05, 4.69) is 0 Å². The normalized spacial score (nSPS) is 15.7. The molecule has 2 aromatic carbocycles. The van der Waals surface area contributed by atoms with Crippen LogP contribution in [-0.2, 0) is 6.61 Å². The summed E-state index contributed by atoms with van der Waals surface area (Å²) >= 11 is 1.46. The van der Waals surface area contributed by atoms with Gasteiger partial charge in [0.05, 0.1) is 10.4 Å². The van der Waals surface area contributed by atoms with Crippen molar-refractivity contribution in [2.24, 2.45) is 5.92 Å². The van der Waals surface area contributed by atoms with Crippen molar-refractivity contribution in [1.82, 2.24) is 4.90 Å². The Labute approximate surface area is 182 Å². The number of ether oxygens (including phenoxy) is 1. The highest BCUT2D eigenvalue weighted by molar-refractivity contribution is 7.17. The molecular weight excluding hydrogens is 420 g/mol. The van der Waals surface area contributed by atoms with Crippen LogP contribution < -0.4 is 4.74 Å². The summed E-state index contributed by atoms with van der Waals surface area (Å²) < 4.78 is 33.2. The van der Waals surface area contributed by atoms with Gasteiger partial charge >= 0.3 is 0 Å². The summed E-state index contributed by atoms with van der Waals surface area (Å²) in [6, 6.07) is 12.6. The predicted molar refractivity (Wildman–Crippen MR) is 113 cm³/mol. The second-order valence-electron chi connectivity index (χ2n) is 7.80. The van der Waals surface area contributed by atoms with Gasteiger partial charge in [0.25, 0.3) is 5.91 Å². The minimum atomic E-state index is -0.712. The van der Waals surface area contributed by atoms with E-state index in [0.29, 0.717) is 37.4 Å². The highest BCUT2D eigenvalue weighted by atomic mass is 32.1. The highest BCUT2D eigenvalue weighted by Crippen LogP contribution is 2.42. The van der Waals surface area contributed by atoms with Gasteiger partial charge in [-0.25, -0.2) is 8.78 Å². The van der Waals surface area contributed by atoms with Crippen molar-refractivity contribution in [3.8, 4) is 16.2 Å². The molecule has 5 rings (SSSR count). The van der Waals surface area contributed by atoms with Gasteiger partial charge < -0.3 is 9.64 Å². The second-order valence-corrected chi connectivity index (χ2v) is 8.86. The molecule has 0 aliphatic carbocycles. The molecule has 0 bridgehead atoms. The lowest BCUT2D eigenvalue weighted by atomic mass is 9.88. The number of ketones is 1. The Morgan fingerprint density at radius 2 is 1.81 bits per heavy atom. The van der Waals surface area contributed by atoms with Crippen LogP contribution in [0.2, 0.25) is 0 Å². The molecule has 2 aliphatic rings. The number of benzene rings is 2. The molecule has 1 saturated heterocycles. The molecule has 0 saturated carbocycles. The highest BCUT2D eigenvalue weighted by Gasteiger charge is 2.31. The smallest absolute Gasteiger partial charge is 0.263 e. The summed E-state index contributed by atoms with van der Waals surface area (Å²) in [6.45, 7) is 1.25. The molecule has 0 unspecified atom stereocenters. The molecule has 31 heavy (non-hydrogen) atoms. The Morgan fingerprint density at radius 1 is 1.03 bits per heavy atom. The number of hydrogen-bond acceptors (Lipinski definition) is 4. The molecule has 0 atom stereocenters. The van der Waals surface area contributed by atoms with Gasteiger partial charge in [0.1, 0.15) is 24.0 Å². The molecule has 0 radical (unpaired) electrons. The summed E-state index contributed by atoms with van der Waals surface area (Å²) in [5.41, 5.74) is 1.78. The molecule has 7 heteroatoms. The third kappa shape index (κ3) is 3.63. The van der Waals surface area contributed by atoms with Gasteiger partial charge in [0.15, 0.2) is 5.78 Å². The van der Waals surface area contributed by atoms with E-state index in [1.807, 2.05) is 30.3 Å². The number of amides is 1. The molecule has 1 aromatic heterocycles. The first-order valence-electron chi connectivity index (χ1n) is 10.1. The van der Waals surface area contributed by atoms with Crippen LogP contribution in [0.1, 0.15) is 38.4 Å². The molecule has 0 N–H and O–H groups in total. The summed E-state index contributed by atoms with van der Waals surface area (Å²) in [5, 5.41) is 0. The van der Waals surface area contributed by atoms with Gasteiger partial charge in [-0.3, -0.25) is 9.59 Å². The van der Waals surface area contributed by atoms with Crippen molar-refractivity contribution in [1.29, 1.82) is 0 Å². The fourth-order valence-corrected chi connectivity index (χ4v) is 5.38. The van der Waals surface area contributed by atoms with Crippen LogP contribution in [0.25, 0.3) is 10.4 Å². The number of carbonyl (C=O) groups is 2. The van der Waals surface area contributed by atoms with Crippen molar-refractivity contribution < 1.29 is 23.1 Å². The number of hydrogen-bond donors (Lipinski definition) is 0. The standard InChI is InChI=1S/C24H19F2NO3S/c25-16-5-6-19(26)18(12-16)22(28)14-7-9-27(10-8-14)24(29)21-11-15-13-30-20-4-2-1-3-17(20)23(15)31-21/h1-6,11-12,14H,7-10,13H2. The topological polar surface area (TPSA) is 46.6 Å². The summed E-state index contributed by atoms with van der Waals surface area (Å²) in [7, 11) is 0. The first-order valence-corrected chi connectivity index (χ1v) is 11.0. The number of thiophene rings is 1. The third-order valence-corrected chi connectivity index (χ3v) is 7.08. The maximum atomic E-state index is 14.0. The lowest BCUT2D eigenvalue weighted by molar-refractivity contribution is 0.0653. The van der Waals surface area contributed by atoms with Gasteiger partial charge in [-0.15, -0.1) is 11.3 Å². The minimum absolute atomic E-state index is 0.0697. The van der Waals surface area contributed by atoms with E-state index in [4.69, 9.17) is 4.74 Å². The van der Waals surface area contributed by atoms with Gasteiger partial charge in [0, 0.05) is 35.0 Å². The number of para-hydroxylation sites is 1. The van der Waals surface area contributed by atoms with E-state index in [9.17, 15) is 18.4 Å². The Morgan fingerprint density at radius 3 is 2.61 bits per heavy atom. The SMILES string of the molecule is O=C(c1cc(F)ccc1F)C1CCN(C(=O)c2cc3c(s2)-c2ccccc2OC3)CC1. The zero-order valence-electron chi connectivity index (χ0n) is 16.6. The van der Waals surface area contributed by atoms with Crippen molar-refractivity contribution in [2.75, 3.05) is 13.1 Å². The molecule has 158 valence electrons. The maximum Gasteiger partial charge on any atom is 0.263 e. The van der Waals surface area contributed by atoms with Crippen LogP contribution >= 0.6 is 11.3 Å². The minimum Gasteiger partial charge on any atom is -0.488 e. The van der Waals surface area contributed by atoms with E-state index in [1.54, 1.807) is 4.90 Å². The third-order valence-electron chi connectivity index (χ3n) is 5.88. The summed E-state index contributed by atoms with van der Waals surface area (Å²) in [5.74, 6) is -1.41. The fourth-order valence-electron chi connectivity index (χ4n) is 4.21.